The molecule has 6 nitrogen and oxygen atoms in total. The van der Waals surface area contributed by atoms with Crippen molar-refractivity contribution in [2.75, 3.05) is 11.9 Å². The van der Waals surface area contributed by atoms with E-state index < -0.39 is 0 Å². The van der Waals surface area contributed by atoms with Gasteiger partial charge in [-0.25, -0.2) is 9.97 Å². The van der Waals surface area contributed by atoms with Crippen LogP contribution in [0.1, 0.15) is 7.20 Å². The molecule has 22 heavy (non-hydrogen) atoms. The number of nitrogens with zero attached hydrogens (tertiary/aromatic N) is 6. The number of aromatic nitrogens is 2. The minimum atomic E-state index is 0.169. The Labute approximate surface area is 129 Å². The molecule has 0 aliphatic rings. The molecule has 3 rings (SSSR count). The summed E-state index contributed by atoms with van der Waals surface area (Å²) < 4.78 is 7.95. The normalized spacial score (nSPS) is 10.9. The molecule has 108 valence electrons. The van der Waals surface area contributed by atoms with E-state index >= 15 is 0 Å². The van der Waals surface area contributed by atoms with Crippen LogP contribution in [-0.4, -0.2) is 17.0 Å². The van der Waals surface area contributed by atoms with Crippen molar-refractivity contribution >= 4 is 28.1 Å². The SMILES string of the molecule is [3H]c1cc(N(C)c2nc(C)nc3ccccc23)ccc1N=[N+]=[N-]. The third-order valence-electron chi connectivity index (χ3n) is 3.33. The van der Waals surface area contributed by atoms with Gasteiger partial charge in [-0.3, -0.25) is 0 Å². The molecular formula is C16H14N6. The Balaban J connectivity index is 2.12. The quantitative estimate of drug-likeness (QED) is 0.400. The molecule has 0 spiro atoms. The van der Waals surface area contributed by atoms with Crippen molar-refractivity contribution in [2.24, 2.45) is 5.11 Å². The first kappa shape index (κ1) is 12.6. The minimum absolute atomic E-state index is 0.169. The summed E-state index contributed by atoms with van der Waals surface area (Å²) in [5.41, 5.74) is 10.5. The van der Waals surface area contributed by atoms with Crippen LogP contribution in [0.15, 0.2) is 53.6 Å². The molecule has 0 aliphatic carbocycles. The lowest BCUT2D eigenvalue weighted by Gasteiger charge is -2.20. The smallest absolute Gasteiger partial charge is 0.144 e. The summed E-state index contributed by atoms with van der Waals surface area (Å²) in [6.45, 7) is 1.85. The maximum atomic E-state index is 8.50. The number of hydrogen-bond acceptors (Lipinski definition) is 4. The van der Waals surface area contributed by atoms with Crippen molar-refractivity contribution in [2.45, 2.75) is 6.92 Å². The summed E-state index contributed by atoms with van der Waals surface area (Å²) in [5.74, 6) is 1.45. The van der Waals surface area contributed by atoms with Gasteiger partial charge in [-0.05, 0) is 36.7 Å². The van der Waals surface area contributed by atoms with E-state index in [1.807, 2.05) is 43.1 Å². The van der Waals surface area contributed by atoms with Crippen molar-refractivity contribution in [1.82, 2.24) is 9.97 Å². The maximum absolute atomic E-state index is 8.50. The molecule has 0 amide bonds. The van der Waals surface area contributed by atoms with Crippen LogP contribution in [0.4, 0.5) is 17.2 Å². The Morgan fingerprint density at radius 1 is 1.18 bits per heavy atom. The maximum Gasteiger partial charge on any atom is 0.144 e. The van der Waals surface area contributed by atoms with E-state index in [1.54, 1.807) is 18.2 Å². The van der Waals surface area contributed by atoms with Gasteiger partial charge in [-0.1, -0.05) is 29.4 Å². The number of fused-ring (bicyclic) bond motifs is 1. The van der Waals surface area contributed by atoms with Crippen molar-refractivity contribution < 1.29 is 1.37 Å². The molecule has 0 saturated carbocycles. The monoisotopic (exact) mass is 292 g/mol. The van der Waals surface area contributed by atoms with Gasteiger partial charge in [0.1, 0.15) is 11.6 Å². The van der Waals surface area contributed by atoms with Gasteiger partial charge in [-0.15, -0.1) is 0 Å². The molecule has 0 aliphatic heterocycles. The number of anilines is 2. The molecule has 0 unspecified atom stereocenters. The minimum Gasteiger partial charge on any atom is -0.329 e. The lowest BCUT2D eigenvalue weighted by molar-refractivity contribution is 1.04. The van der Waals surface area contributed by atoms with Crippen LogP contribution in [0, 0.1) is 6.92 Å². The Morgan fingerprint density at radius 2 is 2.00 bits per heavy atom. The van der Waals surface area contributed by atoms with Gasteiger partial charge in [-0.2, -0.15) is 0 Å². The first-order valence-electron chi connectivity index (χ1n) is 7.23. The molecule has 6 heteroatoms. The van der Waals surface area contributed by atoms with Crippen molar-refractivity contribution in [3.8, 4) is 0 Å². The molecule has 0 N–H and O–H groups in total. The second-order valence-electron chi connectivity index (χ2n) is 4.79. The van der Waals surface area contributed by atoms with E-state index in [0.29, 0.717) is 11.5 Å². The zero-order valence-corrected chi connectivity index (χ0v) is 12.2. The molecule has 2 aromatic carbocycles. The van der Waals surface area contributed by atoms with E-state index in [1.165, 1.54) is 0 Å². The van der Waals surface area contributed by atoms with E-state index in [0.717, 1.165) is 22.4 Å². The van der Waals surface area contributed by atoms with Gasteiger partial charge in [0, 0.05) is 28.7 Å². The number of aryl methyl sites for hydroxylation is 1. The number of rotatable bonds is 3. The molecule has 0 radical (unpaired) electrons. The summed E-state index contributed by atoms with van der Waals surface area (Å²) in [5, 5.41) is 4.43. The molecule has 0 fully saturated rings. The summed E-state index contributed by atoms with van der Waals surface area (Å²) in [4.78, 5) is 13.6. The third kappa shape index (κ3) is 2.55. The van der Waals surface area contributed by atoms with Gasteiger partial charge in [0.15, 0.2) is 0 Å². The summed E-state index contributed by atoms with van der Waals surface area (Å²) in [6, 6.07) is 13.0. The first-order chi connectivity index (χ1) is 11.1. The van der Waals surface area contributed by atoms with E-state index in [4.69, 9.17) is 6.90 Å². The van der Waals surface area contributed by atoms with Crippen LogP contribution in [0.25, 0.3) is 21.3 Å². The Bertz CT molecular complexity index is 933. The summed E-state index contributed by atoms with van der Waals surface area (Å²) in [7, 11) is 1.89. The largest absolute Gasteiger partial charge is 0.329 e. The van der Waals surface area contributed by atoms with Crippen molar-refractivity contribution in [3.05, 3.63) is 64.8 Å². The van der Waals surface area contributed by atoms with Crippen LogP contribution < -0.4 is 4.90 Å². The molecule has 0 saturated heterocycles. The van der Waals surface area contributed by atoms with Crippen LogP contribution in [-0.2, 0) is 0 Å². The number of para-hydroxylation sites is 1. The Kier molecular flexibility index (Phi) is 3.28. The molecule has 3 aromatic rings. The van der Waals surface area contributed by atoms with E-state index in [2.05, 4.69) is 20.0 Å². The highest BCUT2D eigenvalue weighted by atomic mass is 15.2. The predicted molar refractivity (Wildman–Crippen MR) is 87.6 cm³/mol. The number of azide groups is 1. The van der Waals surface area contributed by atoms with Crippen LogP contribution in [0.2, 0.25) is 0 Å². The lowest BCUT2D eigenvalue weighted by Crippen LogP contribution is -2.12. The Hall–Kier alpha value is -3.11. The fourth-order valence-electron chi connectivity index (χ4n) is 2.28. The zero-order chi connectivity index (χ0) is 16.4. The standard InChI is InChI=1S/C16H14N6/c1-11-18-15-6-4-3-5-14(15)16(19-11)22(2)13-9-7-12(8-10-13)20-21-17/h3-10H,1-2H3/i7T. The zero-order valence-electron chi connectivity index (χ0n) is 13.2. The number of hydrogen-bond donors (Lipinski definition) is 0. The second-order valence-corrected chi connectivity index (χ2v) is 4.79. The lowest BCUT2D eigenvalue weighted by atomic mass is 10.2. The first-order valence-corrected chi connectivity index (χ1v) is 6.73. The topological polar surface area (TPSA) is 77.8 Å². The predicted octanol–water partition coefficient (Wildman–Crippen LogP) is 4.65. The average molecular weight is 292 g/mol. The summed E-state index contributed by atoms with van der Waals surface area (Å²) in [6.07, 6.45) is 0. The fraction of sp³-hybridized carbons (Fsp3) is 0.125. The highest BCUT2D eigenvalue weighted by Gasteiger charge is 2.11. The molecule has 1 aromatic heterocycles. The highest BCUT2D eigenvalue weighted by Crippen LogP contribution is 2.29. The van der Waals surface area contributed by atoms with Crippen LogP contribution in [0.5, 0.6) is 0 Å². The Morgan fingerprint density at radius 3 is 2.77 bits per heavy atom. The molecule has 1 heterocycles. The van der Waals surface area contributed by atoms with E-state index in [9.17, 15) is 0 Å². The van der Waals surface area contributed by atoms with Gasteiger partial charge >= 0.3 is 0 Å². The van der Waals surface area contributed by atoms with Crippen molar-refractivity contribution in [1.29, 1.82) is 0 Å². The van der Waals surface area contributed by atoms with Crippen LogP contribution >= 0.6 is 0 Å². The van der Waals surface area contributed by atoms with Gasteiger partial charge in [0.2, 0.25) is 0 Å². The number of benzene rings is 2. The van der Waals surface area contributed by atoms with Crippen LogP contribution in [0.3, 0.4) is 0 Å². The molecule has 0 atom stereocenters. The highest BCUT2D eigenvalue weighted by molar-refractivity contribution is 5.91. The van der Waals surface area contributed by atoms with Gasteiger partial charge < -0.3 is 4.90 Å². The molecular weight excluding hydrogens is 276 g/mol. The van der Waals surface area contributed by atoms with Crippen molar-refractivity contribution in [3.63, 3.8) is 0 Å². The average Bonchev–Trinajstić information content (AvgIpc) is 2.55. The fourth-order valence-corrected chi connectivity index (χ4v) is 2.28. The van der Waals surface area contributed by atoms with Gasteiger partial charge in [0.05, 0.1) is 6.89 Å². The summed E-state index contributed by atoms with van der Waals surface area (Å²) >= 11 is 0. The van der Waals surface area contributed by atoms with Gasteiger partial charge in [0.25, 0.3) is 0 Å². The van der Waals surface area contributed by atoms with E-state index in [-0.39, 0.29) is 6.04 Å². The third-order valence-corrected chi connectivity index (χ3v) is 3.33. The second kappa shape index (κ2) is 5.71. The molecule has 0 bridgehead atoms.